The summed E-state index contributed by atoms with van der Waals surface area (Å²) in [6.45, 7) is 2.88. The maximum atomic E-state index is 12.9. The smallest absolute Gasteiger partial charge is 0.265 e. The minimum absolute atomic E-state index is 0.103. The first kappa shape index (κ1) is 18.0. The zero-order valence-corrected chi connectivity index (χ0v) is 15.8. The molecular weight excluding hydrogens is 360 g/mol. The Hall–Kier alpha value is -1.84. The van der Waals surface area contributed by atoms with Crippen molar-refractivity contribution in [3.8, 4) is 0 Å². The molecule has 9 heteroatoms. The largest absolute Gasteiger partial charge is 0.333 e. The molecule has 3 heterocycles. The lowest BCUT2D eigenvalue weighted by atomic mass is 10.2. The second-order valence-corrected chi connectivity index (χ2v) is 8.77. The average molecular weight is 380 g/mol. The Balaban J connectivity index is 1.88. The van der Waals surface area contributed by atoms with E-state index in [9.17, 15) is 13.2 Å². The van der Waals surface area contributed by atoms with Gasteiger partial charge in [0.2, 0.25) is 10.0 Å². The summed E-state index contributed by atoms with van der Waals surface area (Å²) < 4.78 is 27.1. The Kier molecular flexibility index (Phi) is 5.16. The Morgan fingerprint density at radius 3 is 2.68 bits per heavy atom. The van der Waals surface area contributed by atoms with E-state index in [0.29, 0.717) is 18.8 Å². The van der Waals surface area contributed by atoms with Gasteiger partial charge in [-0.15, -0.1) is 11.3 Å². The Morgan fingerprint density at radius 2 is 2.04 bits per heavy atom. The third kappa shape index (κ3) is 3.44. The van der Waals surface area contributed by atoms with Gasteiger partial charge in [-0.05, 0) is 37.3 Å². The molecule has 7 nitrogen and oxygen atoms in total. The highest BCUT2D eigenvalue weighted by Crippen LogP contribution is 2.30. The van der Waals surface area contributed by atoms with Crippen LogP contribution < -0.4 is 0 Å². The lowest BCUT2D eigenvalue weighted by Gasteiger charge is -2.24. The minimum atomic E-state index is -3.62. The van der Waals surface area contributed by atoms with E-state index in [1.807, 2.05) is 6.92 Å². The van der Waals surface area contributed by atoms with Gasteiger partial charge in [0.25, 0.3) is 5.91 Å². The second-order valence-electron chi connectivity index (χ2n) is 5.95. The van der Waals surface area contributed by atoms with Gasteiger partial charge in [-0.2, -0.15) is 4.31 Å². The highest BCUT2D eigenvalue weighted by atomic mass is 32.2. The number of rotatable bonds is 5. The fraction of sp³-hybridized carbons (Fsp3) is 0.438. The molecule has 1 amide bonds. The summed E-state index contributed by atoms with van der Waals surface area (Å²) in [6.07, 6.45) is 4.76. The minimum Gasteiger partial charge on any atom is -0.333 e. The molecule has 0 saturated carbocycles. The molecule has 1 saturated heterocycles. The van der Waals surface area contributed by atoms with Gasteiger partial charge in [-0.25, -0.2) is 18.4 Å². The lowest BCUT2D eigenvalue weighted by molar-refractivity contribution is 0.0741. The number of carbonyl (C=O) groups excluding carboxylic acids is 1. The third-order valence-electron chi connectivity index (χ3n) is 4.44. The van der Waals surface area contributed by atoms with Gasteiger partial charge in [-0.3, -0.25) is 4.79 Å². The number of thiophene rings is 1. The van der Waals surface area contributed by atoms with E-state index in [1.165, 1.54) is 21.6 Å². The van der Waals surface area contributed by atoms with Crippen molar-refractivity contribution in [3.05, 3.63) is 40.6 Å². The molecule has 0 unspecified atom stereocenters. The number of amides is 1. The summed E-state index contributed by atoms with van der Waals surface area (Å²) in [7, 11) is -1.97. The molecule has 0 bridgehead atoms. The van der Waals surface area contributed by atoms with Crippen molar-refractivity contribution >= 4 is 27.3 Å². The maximum Gasteiger partial charge on any atom is 0.265 e. The Morgan fingerprint density at radius 1 is 1.32 bits per heavy atom. The fourth-order valence-corrected chi connectivity index (χ4v) is 5.70. The van der Waals surface area contributed by atoms with Crippen molar-refractivity contribution in [2.45, 2.75) is 30.7 Å². The number of sulfonamides is 1. The van der Waals surface area contributed by atoms with Crippen molar-refractivity contribution < 1.29 is 13.2 Å². The van der Waals surface area contributed by atoms with Crippen LogP contribution in [0.5, 0.6) is 0 Å². The monoisotopic (exact) mass is 380 g/mol. The van der Waals surface area contributed by atoms with Gasteiger partial charge >= 0.3 is 0 Å². The van der Waals surface area contributed by atoms with Gasteiger partial charge in [0.1, 0.15) is 16.1 Å². The van der Waals surface area contributed by atoms with Crippen LogP contribution in [-0.2, 0) is 10.0 Å². The number of aromatic nitrogens is 2. The lowest BCUT2D eigenvalue weighted by Crippen LogP contribution is -2.33. The van der Waals surface area contributed by atoms with Crippen molar-refractivity contribution in [1.29, 1.82) is 0 Å². The van der Waals surface area contributed by atoms with Gasteiger partial charge < -0.3 is 4.90 Å². The molecule has 0 aromatic carbocycles. The molecular formula is C16H20N4O3S2. The number of hydrogen-bond acceptors (Lipinski definition) is 6. The van der Waals surface area contributed by atoms with Crippen molar-refractivity contribution in [3.63, 3.8) is 0 Å². The van der Waals surface area contributed by atoms with Crippen LogP contribution in [0.1, 0.15) is 41.2 Å². The van der Waals surface area contributed by atoms with E-state index in [4.69, 9.17) is 0 Å². The van der Waals surface area contributed by atoms with E-state index in [1.54, 1.807) is 24.7 Å². The van der Waals surface area contributed by atoms with Crippen LogP contribution in [0, 0.1) is 0 Å². The van der Waals surface area contributed by atoms with Crippen LogP contribution in [0.4, 0.5) is 0 Å². The van der Waals surface area contributed by atoms with Crippen molar-refractivity contribution in [2.75, 3.05) is 20.1 Å². The summed E-state index contributed by atoms with van der Waals surface area (Å²) in [5.74, 6) is -0.320. The summed E-state index contributed by atoms with van der Waals surface area (Å²) in [4.78, 5) is 22.8. The first-order chi connectivity index (χ1) is 11.9. The number of carbonyl (C=O) groups is 1. The summed E-state index contributed by atoms with van der Waals surface area (Å²) >= 11 is 1.15. The van der Waals surface area contributed by atoms with Gasteiger partial charge in [0, 0.05) is 26.3 Å². The van der Waals surface area contributed by atoms with Crippen molar-refractivity contribution in [1.82, 2.24) is 19.2 Å². The molecule has 1 fully saturated rings. The molecule has 134 valence electrons. The third-order valence-corrected chi connectivity index (χ3v) is 7.41. The van der Waals surface area contributed by atoms with E-state index in [0.717, 1.165) is 24.2 Å². The van der Waals surface area contributed by atoms with Gasteiger partial charge in [0.05, 0.1) is 11.7 Å². The van der Waals surface area contributed by atoms with Crippen LogP contribution in [0.25, 0.3) is 0 Å². The first-order valence-electron chi connectivity index (χ1n) is 8.03. The molecule has 0 N–H and O–H groups in total. The molecule has 0 aliphatic carbocycles. The summed E-state index contributed by atoms with van der Waals surface area (Å²) in [5.41, 5.74) is 0.700. The van der Waals surface area contributed by atoms with E-state index in [2.05, 4.69) is 9.97 Å². The Bertz CT molecular complexity index is 845. The average Bonchev–Trinajstić information content (AvgIpc) is 3.32. The topological polar surface area (TPSA) is 83.5 Å². The predicted octanol–water partition coefficient (Wildman–Crippen LogP) is 2.16. The Labute approximate surface area is 151 Å². The fourth-order valence-electron chi connectivity index (χ4n) is 2.81. The number of hydrogen-bond donors (Lipinski definition) is 0. The standard InChI is InChI=1S/C16H20N4O3S2/c1-12(13-5-7-17-11-18-13)19(2)16(21)15-14(6-10-24-15)25(22,23)20-8-3-4-9-20/h5-7,10-12H,3-4,8-9H2,1-2H3/t12-/m0/s1. The van der Waals surface area contributed by atoms with Gasteiger partial charge in [-0.1, -0.05) is 0 Å². The second kappa shape index (κ2) is 7.19. The molecule has 1 aliphatic rings. The van der Waals surface area contributed by atoms with E-state index < -0.39 is 10.0 Å². The summed E-state index contributed by atoms with van der Waals surface area (Å²) in [5, 5.41) is 1.65. The molecule has 1 aliphatic heterocycles. The van der Waals surface area contributed by atoms with Gasteiger partial charge in [0.15, 0.2) is 0 Å². The molecule has 2 aromatic rings. The number of nitrogens with zero attached hydrogens (tertiary/aromatic N) is 4. The zero-order valence-electron chi connectivity index (χ0n) is 14.1. The van der Waals surface area contributed by atoms with Crippen LogP contribution in [0.15, 0.2) is 34.9 Å². The SMILES string of the molecule is C[C@@H](c1ccncn1)N(C)C(=O)c1sccc1S(=O)(=O)N1CCCC1. The zero-order chi connectivity index (χ0) is 18.0. The molecule has 0 spiro atoms. The summed E-state index contributed by atoms with van der Waals surface area (Å²) in [6, 6.07) is 2.97. The first-order valence-corrected chi connectivity index (χ1v) is 10.4. The highest BCUT2D eigenvalue weighted by Gasteiger charge is 2.33. The molecule has 3 rings (SSSR count). The van der Waals surface area contributed by atoms with Crippen molar-refractivity contribution in [2.24, 2.45) is 0 Å². The molecule has 0 radical (unpaired) electrons. The van der Waals surface area contributed by atoms with Crippen LogP contribution in [0.2, 0.25) is 0 Å². The quantitative estimate of drug-likeness (QED) is 0.794. The predicted molar refractivity (Wildman–Crippen MR) is 94.9 cm³/mol. The van der Waals surface area contributed by atoms with Crippen LogP contribution in [-0.4, -0.2) is 53.6 Å². The molecule has 1 atom stereocenters. The normalized spacial score (nSPS) is 16.7. The molecule has 2 aromatic heterocycles. The maximum absolute atomic E-state index is 12.9. The van der Waals surface area contributed by atoms with E-state index in [-0.39, 0.29) is 21.7 Å². The molecule has 25 heavy (non-hydrogen) atoms. The van der Waals surface area contributed by atoms with E-state index >= 15 is 0 Å². The van der Waals surface area contributed by atoms with Crippen LogP contribution >= 0.6 is 11.3 Å². The van der Waals surface area contributed by atoms with Crippen LogP contribution in [0.3, 0.4) is 0 Å². The highest BCUT2D eigenvalue weighted by molar-refractivity contribution is 7.89.